The molecule has 0 fully saturated rings. The fourth-order valence-corrected chi connectivity index (χ4v) is 2.66. The van der Waals surface area contributed by atoms with Crippen LogP contribution >= 0.6 is 0 Å². The van der Waals surface area contributed by atoms with Crippen LogP contribution in [0.1, 0.15) is 21.5 Å². The standard InChI is InChI=1S/C23H16F3NO/c24-23(25,26)19-14-12-18(13-15-19)20-10-4-5-11-21(20)22(28)27-16-6-9-17-7-2-1-3-8-17/h1-5,7-8,10-15H,16H2,(H,27,28). The summed E-state index contributed by atoms with van der Waals surface area (Å²) < 4.78 is 38.2. The monoisotopic (exact) mass is 379 g/mol. The molecule has 140 valence electrons. The second kappa shape index (κ2) is 8.45. The van der Waals surface area contributed by atoms with Crippen molar-refractivity contribution in [3.63, 3.8) is 0 Å². The Labute approximate surface area is 161 Å². The van der Waals surface area contributed by atoms with Crippen molar-refractivity contribution >= 4 is 5.91 Å². The molecule has 0 aliphatic rings. The zero-order valence-corrected chi connectivity index (χ0v) is 14.8. The fraction of sp³-hybridized carbons (Fsp3) is 0.0870. The average molecular weight is 379 g/mol. The maximum absolute atomic E-state index is 12.7. The summed E-state index contributed by atoms with van der Waals surface area (Å²) in [6.45, 7) is 0.162. The first-order valence-electron chi connectivity index (χ1n) is 8.54. The number of carbonyl (C=O) groups is 1. The first kappa shape index (κ1) is 19.2. The van der Waals surface area contributed by atoms with Gasteiger partial charge < -0.3 is 5.32 Å². The molecule has 3 aromatic rings. The highest BCUT2D eigenvalue weighted by Gasteiger charge is 2.30. The molecule has 1 amide bonds. The molecule has 0 atom stereocenters. The van der Waals surface area contributed by atoms with E-state index in [4.69, 9.17) is 0 Å². The van der Waals surface area contributed by atoms with Crippen LogP contribution in [0.3, 0.4) is 0 Å². The highest BCUT2D eigenvalue weighted by molar-refractivity contribution is 6.01. The summed E-state index contributed by atoms with van der Waals surface area (Å²) in [6.07, 6.45) is -4.40. The van der Waals surface area contributed by atoms with Crippen molar-refractivity contribution in [3.8, 4) is 23.0 Å². The largest absolute Gasteiger partial charge is 0.416 e. The van der Waals surface area contributed by atoms with Gasteiger partial charge in [-0.2, -0.15) is 13.2 Å². The van der Waals surface area contributed by atoms with E-state index in [1.807, 2.05) is 30.3 Å². The van der Waals surface area contributed by atoms with E-state index in [2.05, 4.69) is 17.2 Å². The minimum Gasteiger partial charge on any atom is -0.341 e. The number of amides is 1. The van der Waals surface area contributed by atoms with Gasteiger partial charge in [0.1, 0.15) is 0 Å². The maximum Gasteiger partial charge on any atom is 0.416 e. The van der Waals surface area contributed by atoms with Crippen molar-refractivity contribution < 1.29 is 18.0 Å². The van der Waals surface area contributed by atoms with Gasteiger partial charge in [-0.3, -0.25) is 4.79 Å². The van der Waals surface area contributed by atoms with Gasteiger partial charge in [-0.1, -0.05) is 60.4 Å². The first-order chi connectivity index (χ1) is 13.4. The molecule has 0 aliphatic carbocycles. The Morgan fingerprint density at radius 2 is 1.50 bits per heavy atom. The topological polar surface area (TPSA) is 29.1 Å². The second-order valence-corrected chi connectivity index (χ2v) is 5.97. The van der Waals surface area contributed by atoms with Crippen molar-refractivity contribution in [1.82, 2.24) is 5.32 Å². The smallest absolute Gasteiger partial charge is 0.341 e. The van der Waals surface area contributed by atoms with Crippen molar-refractivity contribution in [2.24, 2.45) is 0 Å². The van der Waals surface area contributed by atoms with Crippen molar-refractivity contribution in [3.05, 3.63) is 95.6 Å². The van der Waals surface area contributed by atoms with Gasteiger partial charge in [-0.15, -0.1) is 0 Å². The average Bonchev–Trinajstić information content (AvgIpc) is 2.71. The van der Waals surface area contributed by atoms with Crippen molar-refractivity contribution in [2.45, 2.75) is 6.18 Å². The molecule has 0 unspecified atom stereocenters. The first-order valence-corrected chi connectivity index (χ1v) is 8.54. The lowest BCUT2D eigenvalue weighted by atomic mass is 9.98. The van der Waals surface area contributed by atoms with Crippen molar-refractivity contribution in [2.75, 3.05) is 6.54 Å². The highest BCUT2D eigenvalue weighted by Crippen LogP contribution is 2.31. The van der Waals surface area contributed by atoms with Crippen LogP contribution in [-0.2, 0) is 6.18 Å². The van der Waals surface area contributed by atoms with Crippen molar-refractivity contribution in [1.29, 1.82) is 0 Å². The Hall–Kier alpha value is -3.52. The lowest BCUT2D eigenvalue weighted by Gasteiger charge is -2.11. The number of halogens is 3. The van der Waals surface area contributed by atoms with Crippen LogP contribution < -0.4 is 5.32 Å². The van der Waals surface area contributed by atoms with E-state index >= 15 is 0 Å². The summed E-state index contributed by atoms with van der Waals surface area (Å²) in [6, 6.07) is 20.9. The van der Waals surface area contributed by atoms with Crippen LogP contribution in [0.2, 0.25) is 0 Å². The Kier molecular flexibility index (Phi) is 5.81. The molecule has 0 radical (unpaired) electrons. The highest BCUT2D eigenvalue weighted by atomic mass is 19.4. The van der Waals surface area contributed by atoms with Crippen LogP contribution in [0.4, 0.5) is 13.2 Å². The number of nitrogens with one attached hydrogen (secondary N) is 1. The summed E-state index contributed by atoms with van der Waals surface area (Å²) in [4.78, 5) is 12.5. The number of alkyl halides is 3. The summed E-state index contributed by atoms with van der Waals surface area (Å²) in [5, 5.41) is 2.72. The molecular formula is C23H16F3NO. The Bertz CT molecular complexity index is 1010. The molecule has 3 aromatic carbocycles. The minimum atomic E-state index is -4.40. The van der Waals surface area contributed by atoms with E-state index in [1.54, 1.807) is 24.3 Å². The zero-order chi connectivity index (χ0) is 20.0. The number of rotatable bonds is 3. The molecule has 28 heavy (non-hydrogen) atoms. The maximum atomic E-state index is 12.7. The molecular weight excluding hydrogens is 363 g/mol. The predicted molar refractivity (Wildman–Crippen MR) is 103 cm³/mol. The number of carbonyl (C=O) groups excluding carboxylic acids is 1. The summed E-state index contributed by atoms with van der Waals surface area (Å²) in [5.41, 5.74) is 1.60. The molecule has 0 aromatic heterocycles. The van der Waals surface area contributed by atoms with E-state index in [0.29, 0.717) is 16.7 Å². The van der Waals surface area contributed by atoms with E-state index in [0.717, 1.165) is 17.7 Å². The van der Waals surface area contributed by atoms with Gasteiger partial charge in [0.15, 0.2) is 0 Å². The van der Waals surface area contributed by atoms with E-state index in [-0.39, 0.29) is 12.5 Å². The van der Waals surface area contributed by atoms with Crippen LogP contribution in [0.5, 0.6) is 0 Å². The summed E-state index contributed by atoms with van der Waals surface area (Å²) in [5.74, 6) is 5.49. The van der Waals surface area contributed by atoms with Gasteiger partial charge in [0.05, 0.1) is 12.1 Å². The Morgan fingerprint density at radius 1 is 0.857 bits per heavy atom. The van der Waals surface area contributed by atoms with Gasteiger partial charge in [0.2, 0.25) is 0 Å². The van der Waals surface area contributed by atoms with E-state index < -0.39 is 11.7 Å². The molecule has 0 saturated heterocycles. The summed E-state index contributed by atoms with van der Waals surface area (Å²) in [7, 11) is 0. The fourth-order valence-electron chi connectivity index (χ4n) is 2.66. The Balaban J connectivity index is 1.75. The zero-order valence-electron chi connectivity index (χ0n) is 14.8. The molecule has 1 N–H and O–H groups in total. The number of benzene rings is 3. The van der Waals surface area contributed by atoms with Crippen LogP contribution in [-0.4, -0.2) is 12.5 Å². The SMILES string of the molecule is O=C(NCC#Cc1ccccc1)c1ccccc1-c1ccc(C(F)(F)F)cc1. The van der Waals surface area contributed by atoms with Crippen LogP contribution in [0, 0.1) is 11.8 Å². The number of hydrogen-bond acceptors (Lipinski definition) is 1. The van der Waals surface area contributed by atoms with Gasteiger partial charge in [-0.05, 0) is 41.5 Å². The molecule has 3 rings (SSSR count). The lowest BCUT2D eigenvalue weighted by molar-refractivity contribution is -0.137. The van der Waals surface area contributed by atoms with E-state index in [1.165, 1.54) is 12.1 Å². The number of hydrogen-bond donors (Lipinski definition) is 1. The second-order valence-electron chi connectivity index (χ2n) is 5.97. The molecule has 0 bridgehead atoms. The van der Waals surface area contributed by atoms with Gasteiger partial charge in [0, 0.05) is 11.1 Å². The van der Waals surface area contributed by atoms with Gasteiger partial charge in [0.25, 0.3) is 5.91 Å². The normalized spacial score (nSPS) is 10.7. The van der Waals surface area contributed by atoms with Crippen LogP contribution in [0.15, 0.2) is 78.9 Å². The molecule has 0 spiro atoms. The molecule has 5 heteroatoms. The third-order valence-corrected chi connectivity index (χ3v) is 4.04. The lowest BCUT2D eigenvalue weighted by Crippen LogP contribution is -2.24. The van der Waals surface area contributed by atoms with Crippen LogP contribution in [0.25, 0.3) is 11.1 Å². The quantitative estimate of drug-likeness (QED) is 0.626. The van der Waals surface area contributed by atoms with Gasteiger partial charge >= 0.3 is 6.18 Å². The Morgan fingerprint density at radius 3 is 2.18 bits per heavy atom. The molecule has 0 saturated carbocycles. The minimum absolute atomic E-state index is 0.162. The summed E-state index contributed by atoms with van der Waals surface area (Å²) >= 11 is 0. The molecule has 0 heterocycles. The van der Waals surface area contributed by atoms with Gasteiger partial charge in [-0.25, -0.2) is 0 Å². The molecule has 0 aliphatic heterocycles. The molecule has 2 nitrogen and oxygen atoms in total. The third-order valence-electron chi connectivity index (χ3n) is 4.04. The van der Waals surface area contributed by atoms with E-state index in [9.17, 15) is 18.0 Å². The predicted octanol–water partition coefficient (Wildman–Crippen LogP) is 5.15. The third kappa shape index (κ3) is 4.80.